The number of hydrogen-bond donors (Lipinski definition) is 0. The zero-order valence-electron chi connectivity index (χ0n) is 13.6. The molecule has 0 spiro atoms. The number of carbonyl (C=O) groups excluding carboxylic acids is 1. The lowest BCUT2D eigenvalue weighted by atomic mass is 10.1. The summed E-state index contributed by atoms with van der Waals surface area (Å²) in [6, 6.07) is 16.9. The molecule has 1 heterocycles. The monoisotopic (exact) mass is 321 g/mol. The number of rotatable bonds is 3. The van der Waals surface area contributed by atoms with E-state index >= 15 is 0 Å². The molecule has 5 nitrogen and oxygen atoms in total. The van der Waals surface area contributed by atoms with Crippen LogP contribution >= 0.6 is 0 Å². The topological polar surface area (TPSA) is 56.6 Å². The molecule has 0 aromatic heterocycles. The van der Waals surface area contributed by atoms with Gasteiger partial charge in [-0.1, -0.05) is 6.07 Å². The molecule has 1 amide bonds. The number of benzene rings is 2. The number of methoxy groups -OCH3 is 1. The molecule has 1 aliphatic rings. The van der Waals surface area contributed by atoms with E-state index in [0.717, 1.165) is 24.5 Å². The van der Waals surface area contributed by atoms with Crippen LogP contribution in [0.1, 0.15) is 15.9 Å². The summed E-state index contributed by atoms with van der Waals surface area (Å²) in [5.41, 5.74) is 2.37. The summed E-state index contributed by atoms with van der Waals surface area (Å²) in [7, 11) is 1.61. The van der Waals surface area contributed by atoms with Crippen molar-refractivity contribution in [1.29, 1.82) is 5.26 Å². The second kappa shape index (κ2) is 7.05. The number of nitriles is 1. The summed E-state index contributed by atoms with van der Waals surface area (Å²) in [6.45, 7) is 2.86. The maximum atomic E-state index is 12.6. The van der Waals surface area contributed by atoms with E-state index in [2.05, 4.69) is 11.0 Å². The summed E-state index contributed by atoms with van der Waals surface area (Å²) in [5.74, 6) is 0.789. The minimum absolute atomic E-state index is 0.0445. The Hall–Kier alpha value is -3.00. The molecular formula is C19H19N3O2. The van der Waals surface area contributed by atoms with Crippen molar-refractivity contribution in [3.63, 3.8) is 0 Å². The minimum atomic E-state index is 0.0445. The Morgan fingerprint density at radius 2 is 1.79 bits per heavy atom. The van der Waals surface area contributed by atoms with E-state index in [1.165, 1.54) is 0 Å². The minimum Gasteiger partial charge on any atom is -0.497 e. The molecule has 2 aromatic carbocycles. The molecule has 122 valence electrons. The zero-order chi connectivity index (χ0) is 16.9. The number of nitrogens with zero attached hydrogens (tertiary/aromatic N) is 3. The standard InChI is InChI=1S/C19H19N3O2/c1-24-18-7-5-16(6-8-18)19(23)22-11-9-21(10-12-22)17-4-2-3-15(13-17)14-20/h2-8,13H,9-12H2,1H3. The maximum absolute atomic E-state index is 12.6. The first kappa shape index (κ1) is 15.9. The molecule has 24 heavy (non-hydrogen) atoms. The lowest BCUT2D eigenvalue weighted by Crippen LogP contribution is -2.48. The van der Waals surface area contributed by atoms with Crippen LogP contribution in [0.15, 0.2) is 48.5 Å². The van der Waals surface area contributed by atoms with E-state index in [4.69, 9.17) is 10.00 Å². The Labute approximate surface area is 141 Å². The third-order valence-electron chi connectivity index (χ3n) is 4.24. The molecular weight excluding hydrogens is 302 g/mol. The molecule has 0 saturated carbocycles. The number of anilines is 1. The third kappa shape index (κ3) is 3.33. The van der Waals surface area contributed by atoms with Crippen molar-refractivity contribution in [3.05, 3.63) is 59.7 Å². The molecule has 5 heteroatoms. The first-order chi connectivity index (χ1) is 11.7. The van der Waals surface area contributed by atoms with Crippen molar-refractivity contribution >= 4 is 11.6 Å². The quantitative estimate of drug-likeness (QED) is 0.872. The molecule has 1 saturated heterocycles. The van der Waals surface area contributed by atoms with Gasteiger partial charge in [0.1, 0.15) is 5.75 Å². The molecule has 0 radical (unpaired) electrons. The highest BCUT2D eigenvalue weighted by Gasteiger charge is 2.22. The molecule has 3 rings (SSSR count). The lowest BCUT2D eigenvalue weighted by Gasteiger charge is -2.36. The Balaban J connectivity index is 1.63. The SMILES string of the molecule is COc1ccc(C(=O)N2CCN(c3cccc(C#N)c3)CC2)cc1. The number of hydrogen-bond acceptors (Lipinski definition) is 4. The van der Waals surface area contributed by atoms with Crippen molar-refractivity contribution in [3.8, 4) is 11.8 Å². The Bertz CT molecular complexity index is 757. The first-order valence-corrected chi connectivity index (χ1v) is 7.89. The van der Waals surface area contributed by atoms with Gasteiger partial charge in [0.2, 0.25) is 0 Å². The van der Waals surface area contributed by atoms with Crippen molar-refractivity contribution < 1.29 is 9.53 Å². The van der Waals surface area contributed by atoms with Crippen molar-refractivity contribution in [2.45, 2.75) is 0 Å². The Morgan fingerprint density at radius 1 is 1.08 bits per heavy atom. The van der Waals surface area contributed by atoms with Crippen LogP contribution in [0.3, 0.4) is 0 Å². The predicted octanol–water partition coefficient (Wildman–Crippen LogP) is 2.53. The van der Waals surface area contributed by atoms with Gasteiger partial charge in [0.15, 0.2) is 0 Å². The summed E-state index contributed by atoms with van der Waals surface area (Å²) in [4.78, 5) is 16.6. The number of amides is 1. The molecule has 1 aliphatic heterocycles. The highest BCUT2D eigenvalue weighted by Crippen LogP contribution is 2.19. The van der Waals surface area contributed by atoms with Gasteiger partial charge in [0.05, 0.1) is 18.7 Å². The van der Waals surface area contributed by atoms with E-state index in [1.54, 1.807) is 37.4 Å². The van der Waals surface area contributed by atoms with Crippen molar-refractivity contribution in [2.24, 2.45) is 0 Å². The predicted molar refractivity (Wildman–Crippen MR) is 92.3 cm³/mol. The van der Waals surface area contributed by atoms with E-state index in [0.29, 0.717) is 24.2 Å². The fourth-order valence-electron chi connectivity index (χ4n) is 2.86. The molecule has 0 unspecified atom stereocenters. The largest absolute Gasteiger partial charge is 0.497 e. The Morgan fingerprint density at radius 3 is 2.42 bits per heavy atom. The molecule has 2 aromatic rings. The van der Waals surface area contributed by atoms with Crippen molar-refractivity contribution in [1.82, 2.24) is 4.90 Å². The molecule has 0 atom stereocenters. The van der Waals surface area contributed by atoms with Crippen LogP contribution in [0, 0.1) is 11.3 Å². The first-order valence-electron chi connectivity index (χ1n) is 7.89. The van der Waals surface area contributed by atoms with Crippen LogP contribution in [-0.4, -0.2) is 44.1 Å². The average molecular weight is 321 g/mol. The third-order valence-corrected chi connectivity index (χ3v) is 4.24. The lowest BCUT2D eigenvalue weighted by molar-refractivity contribution is 0.0747. The maximum Gasteiger partial charge on any atom is 0.253 e. The normalized spacial score (nSPS) is 14.2. The van der Waals surface area contributed by atoms with E-state index in [9.17, 15) is 4.79 Å². The van der Waals surface area contributed by atoms with Crippen LogP contribution in [0.5, 0.6) is 5.75 Å². The second-order valence-corrected chi connectivity index (χ2v) is 5.67. The van der Waals surface area contributed by atoms with E-state index in [-0.39, 0.29) is 5.91 Å². The van der Waals surface area contributed by atoms with Gasteiger partial charge in [-0.25, -0.2) is 0 Å². The number of piperazine rings is 1. The van der Waals surface area contributed by atoms with Gasteiger partial charge in [-0.15, -0.1) is 0 Å². The molecule has 0 bridgehead atoms. The number of carbonyl (C=O) groups is 1. The van der Waals surface area contributed by atoms with Crippen LogP contribution in [-0.2, 0) is 0 Å². The van der Waals surface area contributed by atoms with E-state index < -0.39 is 0 Å². The van der Waals surface area contributed by atoms with Crippen LogP contribution in [0.2, 0.25) is 0 Å². The van der Waals surface area contributed by atoms with Crippen LogP contribution < -0.4 is 9.64 Å². The summed E-state index contributed by atoms with van der Waals surface area (Å²) in [5, 5.41) is 9.01. The highest BCUT2D eigenvalue weighted by molar-refractivity contribution is 5.94. The smallest absolute Gasteiger partial charge is 0.253 e. The van der Waals surface area contributed by atoms with Gasteiger partial charge in [-0.2, -0.15) is 5.26 Å². The fraction of sp³-hybridized carbons (Fsp3) is 0.263. The van der Waals surface area contributed by atoms with Crippen LogP contribution in [0.25, 0.3) is 0 Å². The van der Waals surface area contributed by atoms with Gasteiger partial charge in [-0.05, 0) is 42.5 Å². The second-order valence-electron chi connectivity index (χ2n) is 5.67. The summed E-state index contributed by atoms with van der Waals surface area (Å²) < 4.78 is 5.12. The number of ether oxygens (including phenoxy) is 1. The summed E-state index contributed by atoms with van der Waals surface area (Å²) in [6.07, 6.45) is 0. The Kier molecular flexibility index (Phi) is 4.66. The highest BCUT2D eigenvalue weighted by atomic mass is 16.5. The van der Waals surface area contributed by atoms with Crippen LogP contribution in [0.4, 0.5) is 5.69 Å². The van der Waals surface area contributed by atoms with Gasteiger partial charge >= 0.3 is 0 Å². The van der Waals surface area contributed by atoms with E-state index in [1.807, 2.05) is 23.1 Å². The molecule has 1 fully saturated rings. The molecule has 0 aliphatic carbocycles. The zero-order valence-corrected chi connectivity index (χ0v) is 13.6. The average Bonchev–Trinajstić information content (AvgIpc) is 2.67. The fourth-order valence-corrected chi connectivity index (χ4v) is 2.86. The van der Waals surface area contributed by atoms with Gasteiger partial charge in [0.25, 0.3) is 5.91 Å². The van der Waals surface area contributed by atoms with Gasteiger partial charge in [0, 0.05) is 37.4 Å². The molecule has 0 N–H and O–H groups in total. The van der Waals surface area contributed by atoms with Gasteiger partial charge in [-0.3, -0.25) is 4.79 Å². The van der Waals surface area contributed by atoms with Gasteiger partial charge < -0.3 is 14.5 Å². The van der Waals surface area contributed by atoms with Crippen molar-refractivity contribution in [2.75, 3.05) is 38.2 Å². The summed E-state index contributed by atoms with van der Waals surface area (Å²) >= 11 is 0.